The van der Waals surface area contributed by atoms with Gasteiger partial charge in [-0.25, -0.2) is 0 Å². The molecule has 1 rings (SSSR count). The molecule has 0 bridgehead atoms. The summed E-state index contributed by atoms with van der Waals surface area (Å²) in [4.78, 5) is 14.0. The van der Waals surface area contributed by atoms with Gasteiger partial charge in [0.15, 0.2) is 0 Å². The van der Waals surface area contributed by atoms with E-state index in [0.717, 1.165) is 39.0 Å². The molecular weight excluding hydrogens is 240 g/mol. The number of hydrogen-bond donors (Lipinski definition) is 2. The highest BCUT2D eigenvalue weighted by atomic mass is 16.4. The average molecular weight is 270 g/mol. The van der Waals surface area contributed by atoms with Crippen molar-refractivity contribution >= 4 is 5.97 Å². The van der Waals surface area contributed by atoms with Gasteiger partial charge >= 0.3 is 5.97 Å². The van der Waals surface area contributed by atoms with E-state index in [2.05, 4.69) is 24.1 Å². The van der Waals surface area contributed by atoms with Crippen molar-refractivity contribution in [2.45, 2.75) is 58.4 Å². The Bertz CT molecular complexity index is 273. The minimum Gasteiger partial charge on any atom is -0.480 e. The van der Waals surface area contributed by atoms with Crippen LogP contribution in [0.25, 0.3) is 0 Å². The van der Waals surface area contributed by atoms with Crippen molar-refractivity contribution in [2.75, 3.05) is 26.2 Å². The van der Waals surface area contributed by atoms with Gasteiger partial charge in [-0.2, -0.15) is 0 Å². The molecule has 1 saturated carbocycles. The molecule has 0 aromatic rings. The molecule has 0 saturated heterocycles. The summed E-state index contributed by atoms with van der Waals surface area (Å²) in [5.74, 6) is -0.422. The van der Waals surface area contributed by atoms with Gasteiger partial charge in [-0.3, -0.25) is 4.79 Å². The highest BCUT2D eigenvalue weighted by molar-refractivity contribution is 5.78. The Labute approximate surface area is 117 Å². The van der Waals surface area contributed by atoms with Gasteiger partial charge in [-0.05, 0) is 38.8 Å². The van der Waals surface area contributed by atoms with Crippen LogP contribution in [-0.4, -0.2) is 47.7 Å². The van der Waals surface area contributed by atoms with Gasteiger partial charge in [0.2, 0.25) is 0 Å². The van der Waals surface area contributed by atoms with Gasteiger partial charge in [0, 0.05) is 13.1 Å². The lowest BCUT2D eigenvalue weighted by atomic mass is 9.75. The number of nitrogens with zero attached hydrogens (tertiary/aromatic N) is 1. The third-order valence-electron chi connectivity index (χ3n) is 4.68. The Morgan fingerprint density at radius 2 is 1.84 bits per heavy atom. The molecule has 1 atom stereocenters. The van der Waals surface area contributed by atoms with Crippen molar-refractivity contribution in [1.82, 2.24) is 10.2 Å². The number of hydrogen-bond acceptors (Lipinski definition) is 3. The van der Waals surface area contributed by atoms with Gasteiger partial charge in [0.05, 0.1) is 0 Å². The van der Waals surface area contributed by atoms with Gasteiger partial charge in [0.1, 0.15) is 5.54 Å². The molecule has 4 nitrogen and oxygen atoms in total. The summed E-state index contributed by atoms with van der Waals surface area (Å²) in [7, 11) is 0. The van der Waals surface area contributed by atoms with E-state index in [9.17, 15) is 9.90 Å². The molecule has 19 heavy (non-hydrogen) atoms. The summed E-state index contributed by atoms with van der Waals surface area (Å²) in [6.07, 6.45) is 5.68. The normalized spacial score (nSPS) is 20.4. The lowest BCUT2D eigenvalue weighted by Crippen LogP contribution is -2.57. The monoisotopic (exact) mass is 270 g/mol. The van der Waals surface area contributed by atoms with E-state index in [1.165, 1.54) is 19.3 Å². The molecule has 4 heteroatoms. The fourth-order valence-corrected chi connectivity index (χ4v) is 3.09. The number of likely N-dealkylation sites (N-methyl/N-ethyl adjacent to an activating group) is 1. The lowest BCUT2D eigenvalue weighted by molar-refractivity contribution is -0.147. The lowest BCUT2D eigenvalue weighted by Gasteiger charge is -2.37. The van der Waals surface area contributed by atoms with Crippen LogP contribution in [-0.2, 0) is 4.79 Å². The third kappa shape index (κ3) is 4.46. The van der Waals surface area contributed by atoms with Crippen LogP contribution in [0.1, 0.15) is 52.9 Å². The van der Waals surface area contributed by atoms with Gasteiger partial charge < -0.3 is 15.3 Å². The van der Waals surface area contributed by atoms with Crippen LogP contribution in [0.4, 0.5) is 0 Å². The maximum absolute atomic E-state index is 11.7. The highest BCUT2D eigenvalue weighted by Gasteiger charge is 2.41. The Balaban J connectivity index is 2.53. The summed E-state index contributed by atoms with van der Waals surface area (Å²) in [5, 5.41) is 12.9. The Morgan fingerprint density at radius 3 is 2.32 bits per heavy atom. The molecule has 1 fully saturated rings. The van der Waals surface area contributed by atoms with Crippen molar-refractivity contribution < 1.29 is 9.90 Å². The van der Waals surface area contributed by atoms with Gasteiger partial charge in [0.25, 0.3) is 0 Å². The quantitative estimate of drug-likeness (QED) is 0.711. The molecule has 1 aliphatic rings. The Hall–Kier alpha value is -0.610. The zero-order chi connectivity index (χ0) is 14.3. The smallest absolute Gasteiger partial charge is 0.323 e. The molecule has 0 aliphatic heterocycles. The second-order valence-corrected chi connectivity index (χ2v) is 5.80. The fraction of sp³-hybridized carbons (Fsp3) is 0.933. The highest BCUT2D eigenvalue weighted by Crippen LogP contribution is 2.32. The van der Waals surface area contributed by atoms with Crippen molar-refractivity contribution in [3.05, 3.63) is 0 Å². The van der Waals surface area contributed by atoms with E-state index in [-0.39, 0.29) is 5.92 Å². The molecule has 0 aromatic heterocycles. The van der Waals surface area contributed by atoms with Crippen molar-refractivity contribution in [3.63, 3.8) is 0 Å². The molecule has 0 aromatic carbocycles. The summed E-state index contributed by atoms with van der Waals surface area (Å²) in [6.45, 7) is 9.86. The van der Waals surface area contributed by atoms with E-state index in [0.29, 0.717) is 0 Å². The van der Waals surface area contributed by atoms with E-state index in [1.54, 1.807) is 0 Å². The summed E-state index contributed by atoms with van der Waals surface area (Å²) in [5.41, 5.74) is -0.756. The summed E-state index contributed by atoms with van der Waals surface area (Å²) in [6, 6.07) is 0. The first-order valence-corrected chi connectivity index (χ1v) is 7.75. The molecular formula is C15H30N2O2. The minimum atomic E-state index is -0.756. The van der Waals surface area contributed by atoms with Crippen LogP contribution in [0.2, 0.25) is 0 Å². The van der Waals surface area contributed by atoms with Crippen LogP contribution in [0.15, 0.2) is 0 Å². The number of rotatable bonds is 8. The Kier molecular flexibility index (Phi) is 6.80. The number of nitrogens with one attached hydrogen (secondary N) is 1. The molecule has 1 unspecified atom stereocenters. The van der Waals surface area contributed by atoms with E-state index in [1.807, 2.05) is 6.92 Å². The molecule has 112 valence electrons. The van der Waals surface area contributed by atoms with E-state index in [4.69, 9.17) is 0 Å². The first-order chi connectivity index (χ1) is 9.04. The van der Waals surface area contributed by atoms with Crippen LogP contribution in [0.5, 0.6) is 0 Å². The predicted octanol–water partition coefficient (Wildman–Crippen LogP) is 2.34. The van der Waals surface area contributed by atoms with Crippen LogP contribution >= 0.6 is 0 Å². The number of carbonyl (C=O) groups is 1. The van der Waals surface area contributed by atoms with Crippen LogP contribution in [0, 0.1) is 5.92 Å². The maximum atomic E-state index is 11.7. The van der Waals surface area contributed by atoms with Crippen molar-refractivity contribution in [2.24, 2.45) is 5.92 Å². The van der Waals surface area contributed by atoms with E-state index < -0.39 is 11.5 Å². The summed E-state index contributed by atoms with van der Waals surface area (Å²) >= 11 is 0. The predicted molar refractivity (Wildman–Crippen MR) is 78.4 cm³/mol. The largest absolute Gasteiger partial charge is 0.480 e. The van der Waals surface area contributed by atoms with Crippen LogP contribution < -0.4 is 5.32 Å². The molecule has 2 N–H and O–H groups in total. The average Bonchev–Trinajstić information content (AvgIpc) is 2.44. The topological polar surface area (TPSA) is 52.6 Å². The molecule has 1 aliphatic carbocycles. The standard InChI is InChI=1S/C15H30N2O2/c1-4-17(5-2)12-11-16-15(3,14(18)19)13-9-7-6-8-10-13/h13,16H,4-12H2,1-3H3,(H,18,19). The molecule has 0 spiro atoms. The maximum Gasteiger partial charge on any atom is 0.323 e. The summed E-state index contributed by atoms with van der Waals surface area (Å²) < 4.78 is 0. The SMILES string of the molecule is CCN(CC)CCNC(C)(C(=O)O)C1CCCCC1. The fourth-order valence-electron chi connectivity index (χ4n) is 3.09. The first kappa shape index (κ1) is 16.4. The second kappa shape index (κ2) is 7.85. The molecule has 0 amide bonds. The van der Waals surface area contributed by atoms with E-state index >= 15 is 0 Å². The number of carboxylic acids is 1. The zero-order valence-corrected chi connectivity index (χ0v) is 12.7. The minimum absolute atomic E-state index is 0.274. The zero-order valence-electron chi connectivity index (χ0n) is 12.7. The van der Waals surface area contributed by atoms with Gasteiger partial charge in [-0.15, -0.1) is 0 Å². The van der Waals surface area contributed by atoms with Gasteiger partial charge in [-0.1, -0.05) is 33.1 Å². The molecule has 0 heterocycles. The Morgan fingerprint density at radius 1 is 1.26 bits per heavy atom. The van der Waals surface area contributed by atoms with Crippen LogP contribution in [0.3, 0.4) is 0 Å². The molecule has 0 radical (unpaired) electrons. The third-order valence-corrected chi connectivity index (χ3v) is 4.68. The second-order valence-electron chi connectivity index (χ2n) is 5.80. The first-order valence-electron chi connectivity index (χ1n) is 7.75. The van der Waals surface area contributed by atoms with Crippen molar-refractivity contribution in [3.8, 4) is 0 Å². The number of carboxylic acid groups (broad SMARTS) is 1. The number of aliphatic carboxylic acids is 1. The van der Waals surface area contributed by atoms with Crippen molar-refractivity contribution in [1.29, 1.82) is 0 Å².